The van der Waals surface area contributed by atoms with Gasteiger partial charge in [0.1, 0.15) is 17.2 Å². The molecule has 1 unspecified atom stereocenters. The van der Waals surface area contributed by atoms with Crippen molar-refractivity contribution >= 4 is 34.6 Å². The maximum absolute atomic E-state index is 14.8. The second-order valence-corrected chi connectivity index (χ2v) is 7.70. The zero-order chi connectivity index (χ0) is 23.2. The van der Waals surface area contributed by atoms with Gasteiger partial charge in [-0.15, -0.1) is 0 Å². The van der Waals surface area contributed by atoms with Crippen molar-refractivity contribution in [3.05, 3.63) is 63.4 Å². The monoisotopic (exact) mass is 439 g/mol. The lowest BCUT2D eigenvalue weighted by molar-refractivity contribution is 0.405. The zero-order valence-corrected chi connectivity index (χ0v) is 18.1. The lowest BCUT2D eigenvalue weighted by Crippen LogP contribution is -2.30. The van der Waals surface area contributed by atoms with Gasteiger partial charge in [-0.3, -0.25) is 14.1 Å². The predicted octanol–water partition coefficient (Wildman–Crippen LogP) is 3.51. The van der Waals surface area contributed by atoms with Crippen LogP contribution < -0.4 is 16.7 Å². The van der Waals surface area contributed by atoms with Crippen molar-refractivity contribution in [2.24, 2.45) is 17.8 Å². The van der Waals surface area contributed by atoms with Crippen LogP contribution in [0.4, 0.5) is 20.4 Å². The molecule has 0 radical (unpaired) electrons. The Bertz CT molecular complexity index is 1380. The van der Waals surface area contributed by atoms with Gasteiger partial charge in [0, 0.05) is 49.8 Å². The summed E-state index contributed by atoms with van der Waals surface area (Å²) in [6.07, 6.45) is 4.45. The highest BCUT2D eigenvalue weighted by molar-refractivity contribution is 6.09. The first-order chi connectivity index (χ1) is 15.3. The number of aromatic nitrogens is 4. The molecular formula is C22H23F2N7O. The smallest absolute Gasteiger partial charge is 0.330 e. The number of rotatable bonds is 5. The highest BCUT2D eigenvalue weighted by atomic mass is 19.1. The van der Waals surface area contributed by atoms with Crippen LogP contribution in [0.25, 0.3) is 16.7 Å². The summed E-state index contributed by atoms with van der Waals surface area (Å²) in [5, 5.41) is 3.01. The summed E-state index contributed by atoms with van der Waals surface area (Å²) < 4.78 is 31.3. The molecule has 0 aliphatic heterocycles. The van der Waals surface area contributed by atoms with Gasteiger partial charge in [0.05, 0.1) is 12.2 Å². The molecule has 1 aliphatic carbocycles. The summed E-state index contributed by atoms with van der Waals surface area (Å²) >= 11 is 0. The number of imidazole rings is 1. The van der Waals surface area contributed by atoms with Crippen molar-refractivity contribution in [2.45, 2.75) is 26.3 Å². The van der Waals surface area contributed by atoms with Crippen LogP contribution in [0.1, 0.15) is 30.5 Å². The number of allylic oxidation sites excluding steroid dienone is 3. The number of halogens is 2. The zero-order valence-electron chi connectivity index (χ0n) is 18.1. The molecule has 4 rings (SSSR count). The summed E-state index contributed by atoms with van der Waals surface area (Å²) in [6, 6.07) is 2.60. The van der Waals surface area contributed by atoms with Crippen LogP contribution in [0.2, 0.25) is 0 Å². The van der Waals surface area contributed by atoms with Crippen molar-refractivity contribution < 1.29 is 8.78 Å². The Morgan fingerprint density at radius 2 is 2.09 bits per heavy atom. The molecule has 1 aliphatic rings. The summed E-state index contributed by atoms with van der Waals surface area (Å²) in [5.74, 6) is -0.507. The van der Waals surface area contributed by atoms with E-state index in [0.29, 0.717) is 33.6 Å². The highest BCUT2D eigenvalue weighted by Gasteiger charge is 2.32. The van der Waals surface area contributed by atoms with Crippen molar-refractivity contribution in [1.82, 2.24) is 19.1 Å². The van der Waals surface area contributed by atoms with Crippen LogP contribution in [0.5, 0.6) is 0 Å². The van der Waals surface area contributed by atoms with E-state index in [0.717, 1.165) is 5.56 Å². The van der Waals surface area contributed by atoms with Crippen LogP contribution in [-0.2, 0) is 7.05 Å². The third-order valence-electron chi connectivity index (χ3n) is 5.76. The molecule has 0 saturated carbocycles. The molecule has 32 heavy (non-hydrogen) atoms. The average Bonchev–Trinajstić information content (AvgIpc) is 3.02. The molecule has 3 aromatic rings. The fourth-order valence-electron chi connectivity index (χ4n) is 3.79. The first-order valence-corrected chi connectivity index (χ1v) is 9.97. The number of benzene rings is 1. The third-order valence-corrected chi connectivity index (χ3v) is 5.76. The largest absolute Gasteiger partial charge is 0.404 e. The van der Waals surface area contributed by atoms with Gasteiger partial charge >= 0.3 is 5.69 Å². The van der Waals surface area contributed by atoms with E-state index in [2.05, 4.69) is 20.3 Å². The van der Waals surface area contributed by atoms with Crippen molar-refractivity contribution in [3.8, 4) is 0 Å². The van der Waals surface area contributed by atoms with E-state index in [-0.39, 0.29) is 29.9 Å². The fraction of sp³-hybridized carbons (Fsp3) is 0.273. The molecule has 2 aromatic heterocycles. The van der Waals surface area contributed by atoms with Gasteiger partial charge in [-0.1, -0.05) is 0 Å². The number of aliphatic imine (C=N–C) groups is 1. The normalized spacial score (nSPS) is 16.8. The number of nitrogens with one attached hydrogen (secondary N) is 1. The fourth-order valence-corrected chi connectivity index (χ4v) is 3.79. The Morgan fingerprint density at radius 1 is 1.34 bits per heavy atom. The number of hydrogen-bond acceptors (Lipinski definition) is 6. The molecule has 1 atom stereocenters. The molecule has 10 heteroatoms. The van der Waals surface area contributed by atoms with E-state index in [4.69, 9.17) is 5.73 Å². The molecule has 0 fully saturated rings. The lowest BCUT2D eigenvalue weighted by atomic mass is 9.92. The predicted molar refractivity (Wildman–Crippen MR) is 121 cm³/mol. The maximum Gasteiger partial charge on any atom is 0.330 e. The first-order valence-electron chi connectivity index (χ1n) is 9.97. The van der Waals surface area contributed by atoms with Crippen LogP contribution >= 0.6 is 0 Å². The molecule has 3 N–H and O–H groups in total. The Hall–Kier alpha value is -3.82. The minimum atomic E-state index is -0.488. The molecule has 8 nitrogen and oxygen atoms in total. The van der Waals surface area contributed by atoms with Crippen LogP contribution in [0.3, 0.4) is 0 Å². The Morgan fingerprint density at radius 3 is 2.72 bits per heavy atom. The van der Waals surface area contributed by atoms with E-state index >= 15 is 0 Å². The van der Waals surface area contributed by atoms with Crippen molar-refractivity contribution in [2.75, 3.05) is 12.4 Å². The summed E-state index contributed by atoms with van der Waals surface area (Å²) in [7, 11) is 3.20. The molecule has 1 aromatic carbocycles. The van der Waals surface area contributed by atoms with E-state index < -0.39 is 5.82 Å². The lowest BCUT2D eigenvalue weighted by Gasteiger charge is -2.27. The van der Waals surface area contributed by atoms with Gasteiger partial charge in [0.2, 0.25) is 5.95 Å². The summed E-state index contributed by atoms with van der Waals surface area (Å²) in [5.41, 5.74) is 8.71. The van der Waals surface area contributed by atoms with Gasteiger partial charge in [-0.25, -0.2) is 18.6 Å². The number of nitrogens with zero attached hydrogens (tertiary/aromatic N) is 5. The Balaban J connectivity index is 1.75. The number of hydrogen-bond donors (Lipinski definition) is 2. The molecule has 2 heterocycles. The van der Waals surface area contributed by atoms with Crippen LogP contribution in [0, 0.1) is 12.7 Å². The van der Waals surface area contributed by atoms with Gasteiger partial charge < -0.3 is 11.1 Å². The summed E-state index contributed by atoms with van der Waals surface area (Å²) in [4.78, 5) is 25.4. The molecule has 0 amide bonds. The van der Waals surface area contributed by atoms with Crippen molar-refractivity contribution in [1.29, 1.82) is 0 Å². The molecular weight excluding hydrogens is 416 g/mol. The number of nitrogens with two attached hydrogens (primary N) is 1. The van der Waals surface area contributed by atoms with Gasteiger partial charge in [0.25, 0.3) is 0 Å². The topological polar surface area (TPSA) is 103 Å². The highest BCUT2D eigenvalue weighted by Crippen LogP contribution is 2.39. The Kier molecular flexibility index (Phi) is 5.37. The SMILES string of the molecule is CN=C/C(=C\N)c1cc(C)c(Nc2ncc3c(n2)n(C2CC(F)=C2C)c(=O)n3C)cc1F. The minimum Gasteiger partial charge on any atom is -0.404 e. The quantitative estimate of drug-likeness (QED) is 0.592. The molecule has 166 valence electrons. The molecule has 0 bridgehead atoms. The van der Waals surface area contributed by atoms with E-state index in [1.165, 1.54) is 33.8 Å². The van der Waals surface area contributed by atoms with Gasteiger partial charge in [0.15, 0.2) is 5.65 Å². The van der Waals surface area contributed by atoms with Gasteiger partial charge in [-0.2, -0.15) is 4.98 Å². The second-order valence-electron chi connectivity index (χ2n) is 7.70. The van der Waals surface area contributed by atoms with Crippen LogP contribution in [-0.4, -0.2) is 32.4 Å². The molecule has 0 saturated heterocycles. The maximum atomic E-state index is 14.8. The Labute approximate surface area is 182 Å². The second kappa shape index (κ2) is 8.03. The number of aryl methyl sites for hydroxylation is 2. The van der Waals surface area contributed by atoms with E-state index in [9.17, 15) is 13.6 Å². The van der Waals surface area contributed by atoms with Crippen molar-refractivity contribution in [3.63, 3.8) is 0 Å². The summed E-state index contributed by atoms with van der Waals surface area (Å²) in [6.45, 7) is 3.47. The first kappa shape index (κ1) is 21.4. The van der Waals surface area contributed by atoms with Crippen LogP contribution in [0.15, 0.2) is 45.7 Å². The third kappa shape index (κ3) is 3.37. The van der Waals surface area contributed by atoms with E-state index in [1.807, 2.05) is 6.92 Å². The standard InChI is InChI=1S/C22H23F2N7O/c1-11-5-14(13(8-25)9-26-3)16(24)6-17(11)28-21-27-10-19-20(29-21)31(22(32)30(19)4)18-7-15(23)12(18)2/h5-6,8-10,18H,7,25H2,1-4H3,(H,27,28,29)/b13-8+,26-9?. The molecule has 0 spiro atoms. The van der Waals surface area contributed by atoms with Gasteiger partial charge in [-0.05, 0) is 37.1 Å². The van der Waals surface area contributed by atoms with E-state index in [1.54, 1.807) is 27.1 Å². The number of anilines is 2. The number of fused-ring (bicyclic) bond motifs is 1. The minimum absolute atomic E-state index is 0.154. The average molecular weight is 439 g/mol.